The van der Waals surface area contributed by atoms with Crippen molar-refractivity contribution in [1.82, 2.24) is 14.5 Å². The van der Waals surface area contributed by atoms with Crippen LogP contribution >= 0.6 is 10.8 Å². The second-order valence-electron chi connectivity index (χ2n) is 8.12. The molecule has 0 unspecified atom stereocenters. The number of carbonyl (C=O) groups excluding carboxylic acids is 2. The fourth-order valence-electron chi connectivity index (χ4n) is 4.16. The standard InChI is InChI=1S/C22H27N3O5S/c1-24(19(16-5-3-2-4-6-16)14-25-10-9-17(26)13-25)21(27)12-15-7-8-18-20(11-15)31(29,30)23-22(18)28/h2-8,11,17,19,26,29-30H,9-10,12-14H2,1H3,(H,23,28)/t17-,19+/m0/s1. The molecule has 0 spiro atoms. The van der Waals surface area contributed by atoms with Gasteiger partial charge in [0.15, 0.2) is 0 Å². The van der Waals surface area contributed by atoms with Crippen LogP contribution in [0.15, 0.2) is 53.4 Å². The highest BCUT2D eigenvalue weighted by atomic mass is 32.3. The number of carbonyl (C=O) groups is 2. The number of fused-ring (bicyclic) bond motifs is 1. The fraction of sp³-hybridized carbons (Fsp3) is 0.364. The summed E-state index contributed by atoms with van der Waals surface area (Å²) in [5.74, 6) is -0.649. The number of β-amino-alcohol motifs (C(OH)–C–C–N with tert-alkyl or cyclic N) is 1. The largest absolute Gasteiger partial charge is 0.392 e. The molecule has 0 radical (unpaired) electrons. The average molecular weight is 446 g/mol. The van der Waals surface area contributed by atoms with Crippen molar-refractivity contribution in [3.8, 4) is 0 Å². The second kappa shape index (κ2) is 8.60. The number of likely N-dealkylation sites (N-methyl/N-ethyl adjacent to an activating group) is 1. The number of hydrogen-bond acceptors (Lipinski definition) is 6. The van der Waals surface area contributed by atoms with Crippen LogP contribution in [0.25, 0.3) is 0 Å². The second-order valence-corrected chi connectivity index (χ2v) is 9.86. The predicted molar refractivity (Wildman–Crippen MR) is 118 cm³/mol. The number of likely N-dealkylation sites (tertiary alicyclic amines) is 1. The van der Waals surface area contributed by atoms with Crippen molar-refractivity contribution in [3.63, 3.8) is 0 Å². The monoisotopic (exact) mass is 445 g/mol. The van der Waals surface area contributed by atoms with Gasteiger partial charge >= 0.3 is 0 Å². The van der Waals surface area contributed by atoms with Gasteiger partial charge in [-0.2, -0.15) is 0 Å². The fourth-order valence-corrected chi connectivity index (χ4v) is 5.42. The van der Waals surface area contributed by atoms with Crippen molar-refractivity contribution in [1.29, 1.82) is 0 Å². The van der Waals surface area contributed by atoms with Crippen molar-refractivity contribution in [2.45, 2.75) is 29.9 Å². The smallest absolute Gasteiger partial charge is 0.271 e. The molecule has 166 valence electrons. The highest BCUT2D eigenvalue weighted by Gasteiger charge is 2.33. The number of benzene rings is 2. The van der Waals surface area contributed by atoms with Gasteiger partial charge in [-0.1, -0.05) is 47.2 Å². The minimum atomic E-state index is -3.37. The van der Waals surface area contributed by atoms with Crippen LogP contribution in [0.5, 0.6) is 0 Å². The van der Waals surface area contributed by atoms with E-state index in [9.17, 15) is 23.8 Å². The number of nitrogens with zero attached hydrogens (tertiary/aromatic N) is 2. The zero-order valence-electron chi connectivity index (χ0n) is 17.3. The van der Waals surface area contributed by atoms with Crippen LogP contribution in [0.1, 0.15) is 33.9 Å². The molecule has 1 saturated heterocycles. The average Bonchev–Trinajstić information content (AvgIpc) is 3.25. The Bertz CT molecular complexity index is 984. The van der Waals surface area contributed by atoms with Gasteiger partial charge in [-0.3, -0.25) is 23.6 Å². The topological polar surface area (TPSA) is 113 Å². The van der Waals surface area contributed by atoms with Crippen LogP contribution < -0.4 is 4.72 Å². The summed E-state index contributed by atoms with van der Waals surface area (Å²) < 4.78 is 22.4. The van der Waals surface area contributed by atoms with Crippen LogP contribution in [-0.2, 0) is 11.2 Å². The van der Waals surface area contributed by atoms with Crippen LogP contribution in [0.4, 0.5) is 0 Å². The lowest BCUT2D eigenvalue weighted by Crippen LogP contribution is -2.39. The first-order valence-corrected chi connectivity index (χ1v) is 11.7. The number of hydrogen-bond donors (Lipinski definition) is 4. The summed E-state index contributed by atoms with van der Waals surface area (Å²) in [6.45, 7) is 2.00. The minimum Gasteiger partial charge on any atom is -0.392 e. The third kappa shape index (κ3) is 4.60. The van der Waals surface area contributed by atoms with Crippen molar-refractivity contribution in [2.24, 2.45) is 0 Å². The molecule has 4 rings (SSSR count). The Kier molecular flexibility index (Phi) is 6.05. The Balaban J connectivity index is 1.53. The lowest BCUT2D eigenvalue weighted by atomic mass is 10.0. The summed E-state index contributed by atoms with van der Waals surface area (Å²) in [5, 5.41) is 9.87. The van der Waals surface area contributed by atoms with E-state index >= 15 is 0 Å². The molecule has 4 N–H and O–H groups in total. The molecule has 1 fully saturated rings. The first kappa shape index (κ1) is 21.8. The maximum absolute atomic E-state index is 13.1. The van der Waals surface area contributed by atoms with E-state index in [-0.39, 0.29) is 34.9 Å². The summed E-state index contributed by atoms with van der Waals surface area (Å²) in [5.41, 5.74) is 1.84. The number of rotatable bonds is 6. The van der Waals surface area contributed by atoms with E-state index in [0.717, 1.165) is 18.5 Å². The molecule has 0 aliphatic carbocycles. The van der Waals surface area contributed by atoms with Gasteiger partial charge in [-0.25, -0.2) is 4.72 Å². The van der Waals surface area contributed by atoms with Gasteiger partial charge in [0.05, 0.1) is 29.0 Å². The molecule has 2 aromatic carbocycles. The molecule has 2 aromatic rings. The molecule has 2 heterocycles. The molecule has 2 aliphatic heterocycles. The summed E-state index contributed by atoms with van der Waals surface area (Å²) >= 11 is 0. The van der Waals surface area contributed by atoms with Gasteiger partial charge < -0.3 is 10.0 Å². The molecule has 31 heavy (non-hydrogen) atoms. The van der Waals surface area contributed by atoms with E-state index in [0.29, 0.717) is 18.7 Å². The first-order chi connectivity index (χ1) is 14.7. The summed E-state index contributed by atoms with van der Waals surface area (Å²) in [4.78, 5) is 29.0. The van der Waals surface area contributed by atoms with E-state index in [1.54, 1.807) is 18.0 Å². The van der Waals surface area contributed by atoms with Gasteiger partial charge in [0.25, 0.3) is 5.91 Å². The summed E-state index contributed by atoms with van der Waals surface area (Å²) in [6.07, 6.45) is 0.465. The molecular formula is C22H27N3O5S. The van der Waals surface area contributed by atoms with E-state index in [1.807, 2.05) is 30.3 Å². The van der Waals surface area contributed by atoms with Crippen LogP contribution in [-0.4, -0.2) is 68.6 Å². The van der Waals surface area contributed by atoms with Crippen LogP contribution in [0.2, 0.25) is 0 Å². The number of amides is 2. The van der Waals surface area contributed by atoms with E-state index in [2.05, 4.69) is 9.62 Å². The lowest BCUT2D eigenvalue weighted by molar-refractivity contribution is -0.131. The molecule has 2 aliphatic rings. The molecule has 8 nitrogen and oxygen atoms in total. The predicted octanol–water partition coefficient (Wildman–Crippen LogP) is 2.26. The van der Waals surface area contributed by atoms with Crippen molar-refractivity contribution in [2.75, 3.05) is 26.7 Å². The van der Waals surface area contributed by atoms with Crippen molar-refractivity contribution in [3.05, 3.63) is 65.2 Å². The highest BCUT2D eigenvalue weighted by molar-refractivity contribution is 8.23. The molecule has 9 heteroatoms. The molecule has 0 aromatic heterocycles. The van der Waals surface area contributed by atoms with E-state index in [1.165, 1.54) is 12.1 Å². The van der Waals surface area contributed by atoms with E-state index in [4.69, 9.17) is 0 Å². The van der Waals surface area contributed by atoms with Gasteiger partial charge in [0.1, 0.15) is 0 Å². The third-order valence-electron chi connectivity index (χ3n) is 5.91. The molecule has 2 amide bonds. The minimum absolute atomic E-state index is 0.0689. The van der Waals surface area contributed by atoms with Gasteiger partial charge in [0, 0.05) is 26.7 Å². The maximum Gasteiger partial charge on any atom is 0.271 e. The summed E-state index contributed by atoms with van der Waals surface area (Å²) in [7, 11) is -1.61. The Morgan fingerprint density at radius 3 is 2.68 bits per heavy atom. The third-order valence-corrected chi connectivity index (χ3v) is 7.33. The highest BCUT2D eigenvalue weighted by Crippen LogP contribution is 2.50. The Labute approximate surface area is 183 Å². The Morgan fingerprint density at radius 2 is 2.00 bits per heavy atom. The first-order valence-electron chi connectivity index (χ1n) is 10.2. The SMILES string of the molecule is CN(C(=O)Cc1ccc2c(c1)S(O)(O)NC2=O)[C@H](CN1CC[C@H](O)C1)c1ccccc1. The van der Waals surface area contributed by atoms with Crippen LogP contribution in [0.3, 0.4) is 0 Å². The van der Waals surface area contributed by atoms with Gasteiger partial charge in [0.2, 0.25) is 5.91 Å². The maximum atomic E-state index is 13.1. The molecule has 2 atom stereocenters. The molecule has 0 bridgehead atoms. The van der Waals surface area contributed by atoms with E-state index < -0.39 is 16.7 Å². The van der Waals surface area contributed by atoms with Crippen molar-refractivity contribution >= 4 is 22.6 Å². The van der Waals surface area contributed by atoms with Gasteiger partial charge in [-0.05, 0) is 29.7 Å². The molecule has 0 saturated carbocycles. The number of nitrogens with one attached hydrogen (secondary N) is 1. The zero-order valence-corrected chi connectivity index (χ0v) is 18.1. The Morgan fingerprint density at radius 1 is 1.26 bits per heavy atom. The van der Waals surface area contributed by atoms with Crippen LogP contribution in [0, 0.1) is 0 Å². The van der Waals surface area contributed by atoms with Gasteiger partial charge in [-0.15, -0.1) is 0 Å². The Hall–Kier alpha value is -2.43. The number of aliphatic hydroxyl groups excluding tert-OH is 1. The molecular weight excluding hydrogens is 418 g/mol. The quantitative estimate of drug-likeness (QED) is 0.543. The number of aliphatic hydroxyl groups is 1. The van der Waals surface area contributed by atoms with Crippen molar-refractivity contribution < 1.29 is 23.8 Å². The lowest BCUT2D eigenvalue weighted by Gasteiger charge is -2.32. The summed E-state index contributed by atoms with van der Waals surface area (Å²) in [6, 6.07) is 14.3. The zero-order chi connectivity index (χ0) is 22.2. The normalized spacial score (nSPS) is 21.9.